The van der Waals surface area contributed by atoms with Crippen LogP contribution in [0.3, 0.4) is 0 Å². The molecule has 0 radical (unpaired) electrons. The number of anilines is 1. The molecule has 2 aromatic carbocycles. The molecule has 0 fully saturated rings. The number of amides is 2. The highest BCUT2D eigenvalue weighted by atomic mass is 16.5. The van der Waals surface area contributed by atoms with Crippen molar-refractivity contribution in [2.24, 2.45) is 5.73 Å². The summed E-state index contributed by atoms with van der Waals surface area (Å²) in [6, 6.07) is 12.4. The molecule has 1 heterocycles. The van der Waals surface area contributed by atoms with Gasteiger partial charge in [-0.25, -0.2) is 0 Å². The van der Waals surface area contributed by atoms with Crippen molar-refractivity contribution in [1.29, 1.82) is 0 Å². The topological polar surface area (TPSA) is 93.9 Å². The van der Waals surface area contributed by atoms with Gasteiger partial charge in [0.2, 0.25) is 5.91 Å². The van der Waals surface area contributed by atoms with Gasteiger partial charge >= 0.3 is 0 Å². The van der Waals surface area contributed by atoms with Crippen molar-refractivity contribution < 1.29 is 19.1 Å². The van der Waals surface area contributed by atoms with Gasteiger partial charge in [0.1, 0.15) is 6.17 Å². The Labute approximate surface area is 145 Å². The number of nitrogens with one attached hydrogen (secondary N) is 1. The first-order chi connectivity index (χ1) is 12.0. The number of hydrogen-bond acceptors (Lipinski definition) is 5. The number of nitrogens with zero attached hydrogens (tertiary/aromatic N) is 1. The predicted molar refractivity (Wildman–Crippen MR) is 92.7 cm³/mol. The molecule has 1 aliphatic rings. The van der Waals surface area contributed by atoms with Crippen LogP contribution in [-0.4, -0.2) is 32.6 Å². The maximum Gasteiger partial charge on any atom is 0.255 e. The van der Waals surface area contributed by atoms with E-state index in [2.05, 4.69) is 5.32 Å². The first kappa shape index (κ1) is 16.6. The molecule has 0 bridgehead atoms. The third-order valence-corrected chi connectivity index (χ3v) is 4.09. The van der Waals surface area contributed by atoms with E-state index >= 15 is 0 Å². The Balaban J connectivity index is 2.08. The fourth-order valence-electron chi connectivity index (χ4n) is 2.97. The summed E-state index contributed by atoms with van der Waals surface area (Å²) in [7, 11) is 3.09. The normalized spacial score (nSPS) is 16.0. The van der Waals surface area contributed by atoms with Crippen LogP contribution in [0.25, 0.3) is 0 Å². The van der Waals surface area contributed by atoms with E-state index in [-0.39, 0.29) is 12.5 Å². The van der Waals surface area contributed by atoms with E-state index in [1.807, 2.05) is 12.1 Å². The average molecular weight is 341 g/mol. The van der Waals surface area contributed by atoms with Crippen LogP contribution in [0.5, 0.6) is 11.5 Å². The lowest BCUT2D eigenvalue weighted by molar-refractivity contribution is -0.116. The average Bonchev–Trinajstić information content (AvgIpc) is 2.63. The molecule has 1 atom stereocenters. The number of nitrogens with two attached hydrogens (primary N) is 1. The third-order valence-electron chi connectivity index (χ3n) is 4.09. The van der Waals surface area contributed by atoms with Crippen LogP contribution in [0, 0.1) is 0 Å². The number of para-hydroxylation sites is 1. The molecule has 2 aromatic rings. The van der Waals surface area contributed by atoms with Gasteiger partial charge in [-0.2, -0.15) is 0 Å². The highest BCUT2D eigenvalue weighted by molar-refractivity contribution is 6.02. The van der Waals surface area contributed by atoms with E-state index in [9.17, 15) is 9.59 Å². The van der Waals surface area contributed by atoms with Crippen LogP contribution in [0.2, 0.25) is 0 Å². The standard InChI is InChI=1S/C18H19N3O4/c1-24-14-8-7-11(9-15(14)25-2)17-20-18(23)12-5-3-4-6-13(12)21(17)10-16(19)22/h3-9,17H,10H2,1-2H3,(H2,19,22)(H,20,23). The molecule has 1 unspecified atom stereocenters. The molecule has 0 saturated heterocycles. The number of fused-ring (bicyclic) bond motifs is 1. The van der Waals surface area contributed by atoms with Crippen molar-refractivity contribution in [3.63, 3.8) is 0 Å². The van der Waals surface area contributed by atoms with Gasteiger partial charge in [0.25, 0.3) is 5.91 Å². The number of rotatable bonds is 5. The molecule has 0 saturated carbocycles. The SMILES string of the molecule is COc1ccc(C2NC(=O)c3ccccc3N2CC(N)=O)cc1OC. The van der Waals surface area contributed by atoms with Gasteiger partial charge in [-0.1, -0.05) is 18.2 Å². The number of primary amides is 1. The minimum Gasteiger partial charge on any atom is -0.493 e. The molecule has 0 aromatic heterocycles. The van der Waals surface area contributed by atoms with Crippen LogP contribution in [0.4, 0.5) is 5.69 Å². The lowest BCUT2D eigenvalue weighted by atomic mass is 10.0. The maximum absolute atomic E-state index is 12.5. The molecule has 2 amide bonds. The first-order valence-electron chi connectivity index (χ1n) is 7.72. The highest BCUT2D eigenvalue weighted by Crippen LogP contribution is 2.36. The van der Waals surface area contributed by atoms with Crippen LogP contribution in [-0.2, 0) is 4.79 Å². The molecule has 130 valence electrons. The molecule has 0 aliphatic carbocycles. The van der Waals surface area contributed by atoms with Gasteiger partial charge in [0.05, 0.1) is 32.0 Å². The maximum atomic E-state index is 12.5. The molecular weight excluding hydrogens is 322 g/mol. The Hall–Kier alpha value is -3.22. The smallest absolute Gasteiger partial charge is 0.255 e. The van der Waals surface area contributed by atoms with Crippen LogP contribution in [0.1, 0.15) is 22.1 Å². The summed E-state index contributed by atoms with van der Waals surface area (Å²) in [5.74, 6) is 0.412. The quantitative estimate of drug-likeness (QED) is 0.858. The predicted octanol–water partition coefficient (Wildman–Crippen LogP) is 1.44. The van der Waals surface area contributed by atoms with E-state index in [0.29, 0.717) is 22.7 Å². The van der Waals surface area contributed by atoms with Crippen LogP contribution < -0.4 is 25.4 Å². The van der Waals surface area contributed by atoms with Crippen molar-refractivity contribution in [1.82, 2.24) is 5.32 Å². The summed E-state index contributed by atoms with van der Waals surface area (Å²) in [6.45, 7) is -0.0314. The summed E-state index contributed by atoms with van der Waals surface area (Å²) in [6.07, 6.45) is -0.547. The van der Waals surface area contributed by atoms with E-state index in [4.69, 9.17) is 15.2 Å². The second kappa shape index (κ2) is 6.72. The van der Waals surface area contributed by atoms with Gasteiger partial charge in [0.15, 0.2) is 11.5 Å². The Kier molecular flexibility index (Phi) is 4.47. The fraction of sp³-hybridized carbons (Fsp3) is 0.222. The zero-order valence-corrected chi connectivity index (χ0v) is 14.0. The lowest BCUT2D eigenvalue weighted by Gasteiger charge is -2.38. The van der Waals surface area contributed by atoms with Gasteiger partial charge in [-0.15, -0.1) is 0 Å². The minimum absolute atomic E-state index is 0.0314. The lowest BCUT2D eigenvalue weighted by Crippen LogP contribution is -2.49. The Bertz CT molecular complexity index is 822. The summed E-state index contributed by atoms with van der Waals surface area (Å²) < 4.78 is 10.6. The summed E-state index contributed by atoms with van der Waals surface area (Å²) in [5.41, 5.74) is 7.33. The van der Waals surface area contributed by atoms with Crippen molar-refractivity contribution in [2.75, 3.05) is 25.7 Å². The zero-order chi connectivity index (χ0) is 18.0. The second-order valence-electron chi connectivity index (χ2n) is 5.60. The first-order valence-corrected chi connectivity index (χ1v) is 7.72. The van der Waals surface area contributed by atoms with Gasteiger partial charge in [-0.05, 0) is 29.8 Å². The molecule has 1 aliphatic heterocycles. The Morgan fingerprint density at radius 3 is 2.56 bits per heavy atom. The monoisotopic (exact) mass is 341 g/mol. The molecule has 0 spiro atoms. The molecule has 25 heavy (non-hydrogen) atoms. The van der Waals surface area contributed by atoms with E-state index in [1.165, 1.54) is 7.11 Å². The van der Waals surface area contributed by atoms with Crippen molar-refractivity contribution >= 4 is 17.5 Å². The summed E-state index contributed by atoms with van der Waals surface area (Å²) >= 11 is 0. The summed E-state index contributed by atoms with van der Waals surface area (Å²) in [4.78, 5) is 25.8. The number of benzene rings is 2. The molecule has 3 rings (SSSR count). The Morgan fingerprint density at radius 2 is 1.88 bits per heavy atom. The van der Waals surface area contributed by atoms with Crippen LogP contribution >= 0.6 is 0 Å². The van der Waals surface area contributed by atoms with Gasteiger partial charge in [-0.3, -0.25) is 9.59 Å². The van der Waals surface area contributed by atoms with Crippen molar-refractivity contribution in [3.05, 3.63) is 53.6 Å². The zero-order valence-electron chi connectivity index (χ0n) is 14.0. The Morgan fingerprint density at radius 1 is 1.16 bits per heavy atom. The highest BCUT2D eigenvalue weighted by Gasteiger charge is 2.32. The van der Waals surface area contributed by atoms with Gasteiger partial charge in [0, 0.05) is 0 Å². The molecule has 7 heteroatoms. The second-order valence-corrected chi connectivity index (χ2v) is 5.60. The number of hydrogen-bond donors (Lipinski definition) is 2. The fourth-order valence-corrected chi connectivity index (χ4v) is 2.97. The number of ether oxygens (including phenoxy) is 2. The van der Waals surface area contributed by atoms with E-state index in [1.54, 1.807) is 42.3 Å². The minimum atomic E-state index is -0.547. The van der Waals surface area contributed by atoms with E-state index < -0.39 is 12.1 Å². The third kappa shape index (κ3) is 3.08. The molecular formula is C18H19N3O4. The number of carbonyl (C=O) groups is 2. The van der Waals surface area contributed by atoms with Gasteiger partial charge < -0.3 is 25.4 Å². The van der Waals surface area contributed by atoms with E-state index in [0.717, 1.165) is 5.56 Å². The van der Waals surface area contributed by atoms with Crippen molar-refractivity contribution in [2.45, 2.75) is 6.17 Å². The molecule has 7 nitrogen and oxygen atoms in total. The van der Waals surface area contributed by atoms with Crippen molar-refractivity contribution in [3.8, 4) is 11.5 Å². The number of carbonyl (C=O) groups excluding carboxylic acids is 2. The number of methoxy groups -OCH3 is 2. The molecule has 3 N–H and O–H groups in total. The largest absolute Gasteiger partial charge is 0.493 e. The van der Waals surface area contributed by atoms with Crippen LogP contribution in [0.15, 0.2) is 42.5 Å². The summed E-state index contributed by atoms with van der Waals surface area (Å²) in [5, 5.41) is 2.92.